The summed E-state index contributed by atoms with van der Waals surface area (Å²) in [5, 5.41) is 12.3. The zero-order valence-corrected chi connectivity index (χ0v) is 21.6. The van der Waals surface area contributed by atoms with Crippen molar-refractivity contribution in [1.82, 2.24) is 20.1 Å². The fourth-order valence-electron chi connectivity index (χ4n) is 4.37. The first kappa shape index (κ1) is 25.9. The quantitative estimate of drug-likeness (QED) is 0.369. The molecule has 1 amide bonds. The number of rotatable bonds is 11. The average Bonchev–Trinajstić information content (AvgIpc) is 3.19. The monoisotopic (exact) mass is 508 g/mol. The van der Waals surface area contributed by atoms with Gasteiger partial charge in [0.05, 0.1) is 24.4 Å². The summed E-state index contributed by atoms with van der Waals surface area (Å²) in [6.45, 7) is 5.72. The van der Waals surface area contributed by atoms with Crippen molar-refractivity contribution in [2.45, 2.75) is 52.0 Å². The van der Waals surface area contributed by atoms with Crippen molar-refractivity contribution in [1.29, 1.82) is 0 Å². The SMILES string of the molecule is CCNC(=O)C[C@@H]1N=C(c2ccc(Cl)cc2)c2cc(OCCCCCCN)ccc2-n2c(C)nnc21. The standard InChI is InChI=1S/C27H33ClN6O2/c1-3-30-25(35)17-23-27-33-32-18(2)34(27)24-13-12-21(36-15-7-5-4-6-14-29)16-22(24)26(31-23)19-8-10-20(28)11-9-19/h8-13,16,23H,3-7,14-15,17,29H2,1-2H3,(H,30,35)/t23-/m0/s1. The summed E-state index contributed by atoms with van der Waals surface area (Å²) in [6.07, 6.45) is 4.38. The van der Waals surface area contributed by atoms with Crippen molar-refractivity contribution in [3.05, 3.63) is 70.3 Å². The Morgan fingerprint density at radius 3 is 2.64 bits per heavy atom. The number of aliphatic imine (C=N–C) groups is 1. The minimum absolute atomic E-state index is 0.0847. The number of ether oxygens (including phenoxy) is 1. The molecule has 0 bridgehead atoms. The van der Waals surface area contributed by atoms with Gasteiger partial charge in [0.2, 0.25) is 5.91 Å². The fraction of sp³-hybridized carbons (Fsp3) is 0.407. The summed E-state index contributed by atoms with van der Waals surface area (Å²) >= 11 is 6.18. The summed E-state index contributed by atoms with van der Waals surface area (Å²) in [6, 6.07) is 13.1. The molecule has 0 spiro atoms. The van der Waals surface area contributed by atoms with E-state index in [9.17, 15) is 4.79 Å². The van der Waals surface area contributed by atoms with Crippen LogP contribution in [0.1, 0.15) is 67.8 Å². The van der Waals surface area contributed by atoms with Crippen LogP contribution in [0.5, 0.6) is 5.75 Å². The third kappa shape index (κ3) is 5.94. The lowest BCUT2D eigenvalue weighted by Crippen LogP contribution is -2.25. The third-order valence-corrected chi connectivity index (χ3v) is 6.39. The molecule has 2 heterocycles. The number of carbonyl (C=O) groups is 1. The maximum Gasteiger partial charge on any atom is 0.222 e. The number of halogens is 1. The number of nitrogens with two attached hydrogens (primary N) is 1. The molecule has 0 aliphatic carbocycles. The number of fused-ring (bicyclic) bond motifs is 3. The van der Waals surface area contributed by atoms with Crippen molar-refractivity contribution < 1.29 is 9.53 Å². The van der Waals surface area contributed by atoms with Gasteiger partial charge in [-0.25, -0.2) is 0 Å². The van der Waals surface area contributed by atoms with Crippen LogP contribution in [0.25, 0.3) is 5.69 Å². The van der Waals surface area contributed by atoms with Gasteiger partial charge in [0, 0.05) is 22.7 Å². The minimum atomic E-state index is -0.497. The maximum absolute atomic E-state index is 12.6. The second kappa shape index (κ2) is 12.1. The zero-order chi connectivity index (χ0) is 25.5. The number of nitrogens with one attached hydrogen (secondary N) is 1. The fourth-order valence-corrected chi connectivity index (χ4v) is 4.50. The number of nitrogens with zero attached hydrogens (tertiary/aromatic N) is 4. The summed E-state index contributed by atoms with van der Waals surface area (Å²) in [4.78, 5) is 17.7. The molecule has 2 aromatic carbocycles. The van der Waals surface area contributed by atoms with Crippen molar-refractivity contribution in [2.75, 3.05) is 19.7 Å². The molecule has 190 valence electrons. The highest BCUT2D eigenvalue weighted by Crippen LogP contribution is 2.34. The van der Waals surface area contributed by atoms with Gasteiger partial charge in [-0.15, -0.1) is 10.2 Å². The van der Waals surface area contributed by atoms with Crippen LogP contribution in [0.15, 0.2) is 47.5 Å². The van der Waals surface area contributed by atoms with E-state index >= 15 is 0 Å². The molecule has 8 nitrogen and oxygen atoms in total. The highest BCUT2D eigenvalue weighted by Gasteiger charge is 2.30. The Labute approximate surface area is 216 Å². The van der Waals surface area contributed by atoms with E-state index in [2.05, 4.69) is 15.5 Å². The van der Waals surface area contributed by atoms with Crippen LogP contribution in [0.3, 0.4) is 0 Å². The number of carbonyl (C=O) groups excluding carboxylic acids is 1. The van der Waals surface area contributed by atoms with E-state index in [4.69, 9.17) is 27.1 Å². The molecule has 1 atom stereocenters. The summed E-state index contributed by atoms with van der Waals surface area (Å²) in [5.74, 6) is 2.05. The van der Waals surface area contributed by atoms with E-state index in [1.54, 1.807) is 0 Å². The van der Waals surface area contributed by atoms with E-state index in [1.165, 1.54) is 0 Å². The van der Waals surface area contributed by atoms with E-state index in [0.29, 0.717) is 24.0 Å². The normalized spacial score (nSPS) is 14.4. The molecule has 0 fully saturated rings. The van der Waals surface area contributed by atoms with Crippen LogP contribution in [-0.4, -0.2) is 46.1 Å². The Bertz CT molecular complexity index is 1220. The van der Waals surface area contributed by atoms with Crippen LogP contribution in [0, 0.1) is 6.92 Å². The van der Waals surface area contributed by atoms with Crippen LogP contribution in [-0.2, 0) is 4.79 Å². The van der Waals surface area contributed by atoms with Gasteiger partial charge >= 0.3 is 0 Å². The summed E-state index contributed by atoms with van der Waals surface area (Å²) < 4.78 is 8.10. The lowest BCUT2D eigenvalue weighted by atomic mass is 10.00. The topological polar surface area (TPSA) is 107 Å². The summed E-state index contributed by atoms with van der Waals surface area (Å²) in [7, 11) is 0. The van der Waals surface area contributed by atoms with Gasteiger partial charge in [-0.1, -0.05) is 36.6 Å². The van der Waals surface area contributed by atoms with Crippen molar-refractivity contribution >= 4 is 23.2 Å². The predicted molar refractivity (Wildman–Crippen MR) is 142 cm³/mol. The largest absolute Gasteiger partial charge is 0.494 e. The molecular weight excluding hydrogens is 476 g/mol. The third-order valence-electron chi connectivity index (χ3n) is 6.13. The van der Waals surface area contributed by atoms with Crippen molar-refractivity contribution in [3.63, 3.8) is 0 Å². The average molecular weight is 509 g/mol. The second-order valence-corrected chi connectivity index (χ2v) is 9.27. The Morgan fingerprint density at radius 1 is 1.11 bits per heavy atom. The Balaban J connectivity index is 1.75. The van der Waals surface area contributed by atoms with Crippen LogP contribution < -0.4 is 15.8 Å². The number of hydrogen-bond acceptors (Lipinski definition) is 6. The number of hydrogen-bond donors (Lipinski definition) is 2. The Hall–Kier alpha value is -3.23. The first-order valence-corrected chi connectivity index (χ1v) is 12.9. The molecule has 4 rings (SSSR count). The van der Waals surface area contributed by atoms with Gasteiger partial charge in [-0.05, 0) is 63.6 Å². The highest BCUT2D eigenvalue weighted by atomic mass is 35.5. The second-order valence-electron chi connectivity index (χ2n) is 8.83. The molecule has 1 aliphatic rings. The molecule has 3 aromatic rings. The molecule has 1 aromatic heterocycles. The lowest BCUT2D eigenvalue weighted by Gasteiger charge is -2.15. The smallest absolute Gasteiger partial charge is 0.222 e. The van der Waals surface area contributed by atoms with Gasteiger partial charge < -0.3 is 15.8 Å². The molecule has 0 saturated carbocycles. The number of amides is 1. The predicted octanol–water partition coefficient (Wildman–Crippen LogP) is 4.55. The first-order valence-electron chi connectivity index (χ1n) is 12.5. The van der Waals surface area contributed by atoms with Crippen molar-refractivity contribution in [2.24, 2.45) is 10.7 Å². The first-order chi connectivity index (χ1) is 17.5. The molecule has 1 aliphatic heterocycles. The van der Waals surface area contributed by atoms with E-state index in [1.807, 2.05) is 60.9 Å². The number of aromatic nitrogens is 3. The molecule has 0 unspecified atom stereocenters. The van der Waals surface area contributed by atoms with Crippen LogP contribution in [0.2, 0.25) is 5.02 Å². The van der Waals surface area contributed by atoms with Crippen molar-refractivity contribution in [3.8, 4) is 11.4 Å². The van der Waals surface area contributed by atoms with Gasteiger partial charge in [0.25, 0.3) is 0 Å². The summed E-state index contributed by atoms with van der Waals surface area (Å²) in [5.41, 5.74) is 9.03. The molecule has 36 heavy (non-hydrogen) atoms. The Kier molecular flexibility index (Phi) is 8.72. The molecular formula is C27H33ClN6O2. The van der Waals surface area contributed by atoms with Gasteiger partial charge in [0.1, 0.15) is 17.6 Å². The van der Waals surface area contributed by atoms with Gasteiger partial charge in [-0.3, -0.25) is 14.4 Å². The number of aryl methyl sites for hydroxylation is 1. The van der Waals surface area contributed by atoms with Gasteiger partial charge in [0.15, 0.2) is 5.82 Å². The van der Waals surface area contributed by atoms with E-state index in [-0.39, 0.29) is 12.3 Å². The van der Waals surface area contributed by atoms with E-state index in [0.717, 1.165) is 66.3 Å². The molecule has 3 N–H and O–H groups in total. The van der Waals surface area contributed by atoms with E-state index < -0.39 is 6.04 Å². The number of benzene rings is 2. The van der Waals surface area contributed by atoms with Gasteiger partial charge in [-0.2, -0.15) is 0 Å². The lowest BCUT2D eigenvalue weighted by molar-refractivity contribution is -0.121. The van der Waals surface area contributed by atoms with Crippen LogP contribution >= 0.6 is 11.6 Å². The zero-order valence-electron chi connectivity index (χ0n) is 20.8. The Morgan fingerprint density at radius 2 is 1.89 bits per heavy atom. The number of unbranched alkanes of at least 4 members (excludes halogenated alkanes) is 3. The van der Waals surface area contributed by atoms with Crippen LogP contribution in [0.4, 0.5) is 0 Å². The molecule has 0 radical (unpaired) electrons. The molecule has 0 saturated heterocycles. The minimum Gasteiger partial charge on any atom is -0.494 e. The molecule has 9 heteroatoms. The maximum atomic E-state index is 12.6. The highest BCUT2D eigenvalue weighted by molar-refractivity contribution is 6.30.